The predicted molar refractivity (Wildman–Crippen MR) is 107 cm³/mol. The number of ether oxygens (including phenoxy) is 2. The van der Waals surface area contributed by atoms with Gasteiger partial charge in [-0.25, -0.2) is 0 Å². The van der Waals surface area contributed by atoms with E-state index in [9.17, 15) is 4.79 Å². The maximum Gasteiger partial charge on any atom is 0.253 e. The molecule has 0 unspecified atom stereocenters. The zero-order chi connectivity index (χ0) is 20.2. The summed E-state index contributed by atoms with van der Waals surface area (Å²) < 4.78 is 16.2. The molecule has 2 heterocycles. The van der Waals surface area contributed by atoms with E-state index in [2.05, 4.69) is 10.2 Å². The van der Waals surface area contributed by atoms with E-state index in [1.165, 1.54) is 0 Å². The van der Waals surface area contributed by atoms with Gasteiger partial charge in [-0.1, -0.05) is 0 Å². The lowest BCUT2D eigenvalue weighted by Gasteiger charge is -2.30. The SMILES string of the molecule is COc1ccc(C(=O)N2CCC(c3nnc(-c4ccc(OC)cc4)o3)CC2)cc1. The first-order valence-electron chi connectivity index (χ1n) is 9.59. The Morgan fingerprint density at radius 1 is 0.931 bits per heavy atom. The monoisotopic (exact) mass is 393 g/mol. The van der Waals surface area contributed by atoms with E-state index in [-0.39, 0.29) is 11.8 Å². The molecule has 0 spiro atoms. The largest absolute Gasteiger partial charge is 0.497 e. The number of carbonyl (C=O) groups is 1. The van der Waals surface area contributed by atoms with Crippen molar-refractivity contribution < 1.29 is 18.7 Å². The topological polar surface area (TPSA) is 77.7 Å². The molecule has 1 aliphatic rings. The van der Waals surface area contributed by atoms with Gasteiger partial charge in [0.25, 0.3) is 5.91 Å². The lowest BCUT2D eigenvalue weighted by atomic mass is 9.96. The van der Waals surface area contributed by atoms with Gasteiger partial charge in [0.05, 0.1) is 14.2 Å². The number of likely N-dealkylation sites (tertiary alicyclic amines) is 1. The molecule has 1 aromatic heterocycles. The van der Waals surface area contributed by atoms with Crippen molar-refractivity contribution >= 4 is 5.91 Å². The van der Waals surface area contributed by atoms with E-state index in [1.54, 1.807) is 38.5 Å². The number of aromatic nitrogens is 2. The molecule has 1 aliphatic heterocycles. The average Bonchev–Trinajstić information content (AvgIpc) is 3.29. The highest BCUT2D eigenvalue weighted by Crippen LogP contribution is 2.30. The minimum atomic E-state index is 0.0376. The number of rotatable bonds is 5. The van der Waals surface area contributed by atoms with E-state index >= 15 is 0 Å². The van der Waals surface area contributed by atoms with Crippen molar-refractivity contribution in [2.45, 2.75) is 18.8 Å². The zero-order valence-electron chi connectivity index (χ0n) is 16.5. The van der Waals surface area contributed by atoms with Crippen LogP contribution in [0.15, 0.2) is 52.9 Å². The molecule has 1 fully saturated rings. The van der Waals surface area contributed by atoms with Gasteiger partial charge < -0.3 is 18.8 Å². The fourth-order valence-electron chi connectivity index (χ4n) is 3.50. The fraction of sp³-hybridized carbons (Fsp3) is 0.318. The third-order valence-corrected chi connectivity index (χ3v) is 5.25. The first kappa shape index (κ1) is 19.0. The number of methoxy groups -OCH3 is 2. The summed E-state index contributed by atoms with van der Waals surface area (Å²) in [7, 11) is 3.24. The van der Waals surface area contributed by atoms with Crippen LogP contribution in [-0.4, -0.2) is 48.3 Å². The molecule has 1 amide bonds. The fourth-order valence-corrected chi connectivity index (χ4v) is 3.50. The van der Waals surface area contributed by atoms with Crippen LogP contribution in [0.25, 0.3) is 11.5 Å². The van der Waals surface area contributed by atoms with E-state index in [0.29, 0.717) is 30.4 Å². The first-order chi connectivity index (χ1) is 14.2. The summed E-state index contributed by atoms with van der Waals surface area (Å²) in [4.78, 5) is 14.6. The van der Waals surface area contributed by atoms with Crippen LogP contribution in [0.1, 0.15) is 35.0 Å². The van der Waals surface area contributed by atoms with Gasteiger partial charge in [0, 0.05) is 30.1 Å². The molecule has 0 N–H and O–H groups in total. The van der Waals surface area contributed by atoms with Crippen LogP contribution in [0, 0.1) is 0 Å². The Hall–Kier alpha value is -3.35. The highest BCUT2D eigenvalue weighted by molar-refractivity contribution is 5.94. The summed E-state index contributed by atoms with van der Waals surface area (Å²) in [5.41, 5.74) is 1.53. The molecule has 3 aromatic rings. The average molecular weight is 393 g/mol. The predicted octanol–water partition coefficient (Wildman–Crippen LogP) is 3.77. The second-order valence-corrected chi connectivity index (χ2v) is 6.97. The van der Waals surface area contributed by atoms with E-state index in [4.69, 9.17) is 13.9 Å². The van der Waals surface area contributed by atoms with Crippen LogP contribution in [0.4, 0.5) is 0 Å². The molecule has 0 saturated carbocycles. The molecule has 7 heteroatoms. The van der Waals surface area contributed by atoms with Crippen molar-refractivity contribution in [1.82, 2.24) is 15.1 Å². The molecule has 29 heavy (non-hydrogen) atoms. The molecule has 0 aliphatic carbocycles. The minimum Gasteiger partial charge on any atom is -0.497 e. The lowest BCUT2D eigenvalue weighted by molar-refractivity contribution is 0.0706. The number of piperidine rings is 1. The number of hydrogen-bond donors (Lipinski definition) is 0. The van der Waals surface area contributed by atoms with Gasteiger partial charge in [-0.15, -0.1) is 10.2 Å². The number of benzene rings is 2. The molecule has 2 aromatic carbocycles. The molecule has 0 radical (unpaired) electrons. The standard InChI is InChI=1S/C22H23N3O4/c1-27-18-7-3-15(4-8-18)20-23-24-21(29-20)16-11-13-25(14-12-16)22(26)17-5-9-19(28-2)10-6-17/h3-10,16H,11-14H2,1-2H3. The minimum absolute atomic E-state index is 0.0376. The van der Waals surface area contributed by atoms with Gasteiger partial charge in [0.2, 0.25) is 11.8 Å². The van der Waals surface area contributed by atoms with Crippen LogP contribution in [-0.2, 0) is 0 Å². The summed E-state index contributed by atoms with van der Waals surface area (Å²) in [5, 5.41) is 8.43. The summed E-state index contributed by atoms with van der Waals surface area (Å²) >= 11 is 0. The third-order valence-electron chi connectivity index (χ3n) is 5.25. The van der Waals surface area contributed by atoms with Crippen molar-refractivity contribution in [3.63, 3.8) is 0 Å². The van der Waals surface area contributed by atoms with Crippen LogP contribution in [0.5, 0.6) is 11.5 Å². The van der Waals surface area contributed by atoms with Crippen LogP contribution in [0.2, 0.25) is 0 Å². The first-order valence-corrected chi connectivity index (χ1v) is 9.59. The number of hydrogen-bond acceptors (Lipinski definition) is 6. The Kier molecular flexibility index (Phi) is 5.46. The Morgan fingerprint density at radius 3 is 2.10 bits per heavy atom. The second kappa shape index (κ2) is 8.34. The van der Waals surface area contributed by atoms with Gasteiger partial charge in [0.15, 0.2) is 0 Å². The van der Waals surface area contributed by atoms with Crippen molar-refractivity contribution in [2.24, 2.45) is 0 Å². The van der Waals surface area contributed by atoms with Crippen LogP contribution < -0.4 is 9.47 Å². The zero-order valence-corrected chi connectivity index (χ0v) is 16.5. The Bertz CT molecular complexity index is 958. The molecular formula is C22H23N3O4. The van der Waals surface area contributed by atoms with Gasteiger partial charge >= 0.3 is 0 Å². The third kappa shape index (κ3) is 4.08. The van der Waals surface area contributed by atoms with Crippen molar-refractivity contribution in [3.05, 3.63) is 60.0 Å². The maximum absolute atomic E-state index is 12.7. The summed E-state index contributed by atoms with van der Waals surface area (Å²) in [6.07, 6.45) is 1.60. The highest BCUT2D eigenvalue weighted by Gasteiger charge is 2.28. The smallest absolute Gasteiger partial charge is 0.253 e. The molecule has 150 valence electrons. The lowest BCUT2D eigenvalue weighted by Crippen LogP contribution is -2.38. The molecule has 0 atom stereocenters. The Morgan fingerprint density at radius 2 is 1.52 bits per heavy atom. The van der Waals surface area contributed by atoms with Crippen molar-refractivity contribution in [1.29, 1.82) is 0 Å². The van der Waals surface area contributed by atoms with Gasteiger partial charge in [-0.05, 0) is 61.4 Å². The highest BCUT2D eigenvalue weighted by atomic mass is 16.5. The number of nitrogens with zero attached hydrogens (tertiary/aromatic N) is 3. The van der Waals surface area contributed by atoms with Crippen LogP contribution in [0.3, 0.4) is 0 Å². The quantitative estimate of drug-likeness (QED) is 0.657. The normalized spacial score (nSPS) is 14.6. The summed E-state index contributed by atoms with van der Waals surface area (Å²) in [6.45, 7) is 1.32. The molecule has 1 saturated heterocycles. The maximum atomic E-state index is 12.7. The Balaban J connectivity index is 1.38. The van der Waals surface area contributed by atoms with Gasteiger partial charge in [-0.2, -0.15) is 0 Å². The molecular weight excluding hydrogens is 370 g/mol. The second-order valence-electron chi connectivity index (χ2n) is 6.97. The van der Waals surface area contributed by atoms with E-state index in [0.717, 1.165) is 29.9 Å². The van der Waals surface area contributed by atoms with E-state index in [1.807, 2.05) is 29.2 Å². The van der Waals surface area contributed by atoms with Crippen LogP contribution >= 0.6 is 0 Å². The van der Waals surface area contributed by atoms with Crippen molar-refractivity contribution in [3.8, 4) is 23.0 Å². The molecule has 7 nitrogen and oxygen atoms in total. The summed E-state index contributed by atoms with van der Waals surface area (Å²) in [6, 6.07) is 14.7. The number of amides is 1. The van der Waals surface area contributed by atoms with Gasteiger partial charge in [-0.3, -0.25) is 4.79 Å². The molecule has 4 rings (SSSR count). The summed E-state index contributed by atoms with van der Waals surface area (Å²) in [5.74, 6) is 2.85. The molecule has 0 bridgehead atoms. The number of carbonyl (C=O) groups excluding carboxylic acids is 1. The van der Waals surface area contributed by atoms with Gasteiger partial charge in [0.1, 0.15) is 11.5 Å². The van der Waals surface area contributed by atoms with E-state index < -0.39 is 0 Å². The van der Waals surface area contributed by atoms with Crippen molar-refractivity contribution in [2.75, 3.05) is 27.3 Å². The Labute approximate surface area is 169 Å².